The molecule has 2 unspecified atom stereocenters. The summed E-state index contributed by atoms with van der Waals surface area (Å²) in [6, 6.07) is 4.21. The average Bonchev–Trinajstić information content (AvgIpc) is 3.22. The van der Waals surface area contributed by atoms with Crippen molar-refractivity contribution in [3.8, 4) is 0 Å². The monoisotopic (exact) mass is 342 g/mol. The Morgan fingerprint density at radius 3 is 2.48 bits per heavy atom. The molecule has 5 heteroatoms. The minimum Gasteiger partial charge on any atom is -0.397 e. The lowest BCUT2D eigenvalue weighted by Gasteiger charge is -2.29. The Bertz CT molecular complexity index is 656. The fourth-order valence-electron chi connectivity index (χ4n) is 4.53. The predicted octanol–water partition coefficient (Wildman–Crippen LogP) is 3.08. The average molecular weight is 342 g/mol. The van der Waals surface area contributed by atoms with E-state index in [0.717, 1.165) is 60.6 Å². The van der Waals surface area contributed by atoms with Crippen molar-refractivity contribution >= 4 is 23.0 Å². The molecule has 1 aromatic rings. The highest BCUT2D eigenvalue weighted by molar-refractivity contribution is 6.02. The molecular formula is C20H30N4O. The second kappa shape index (κ2) is 6.43. The summed E-state index contributed by atoms with van der Waals surface area (Å²) >= 11 is 0. The number of nitrogens with two attached hydrogens (primary N) is 1. The predicted molar refractivity (Wildman–Crippen MR) is 103 cm³/mol. The molecular weight excluding hydrogens is 312 g/mol. The van der Waals surface area contributed by atoms with Gasteiger partial charge in [-0.2, -0.15) is 0 Å². The summed E-state index contributed by atoms with van der Waals surface area (Å²) in [5.74, 6) is 2.47. The Labute approximate surface area is 150 Å². The van der Waals surface area contributed by atoms with Crippen molar-refractivity contribution in [2.45, 2.75) is 45.1 Å². The Hall–Kier alpha value is -1.91. The topological polar surface area (TPSA) is 70.4 Å². The molecule has 2 atom stereocenters. The molecule has 4 N–H and O–H groups in total. The molecule has 1 heterocycles. The van der Waals surface area contributed by atoms with Gasteiger partial charge in [-0.1, -0.05) is 6.92 Å². The highest BCUT2D eigenvalue weighted by atomic mass is 16.1. The molecule has 2 saturated carbocycles. The van der Waals surface area contributed by atoms with Gasteiger partial charge >= 0.3 is 0 Å². The number of carbonyl (C=O) groups is 1. The van der Waals surface area contributed by atoms with Gasteiger partial charge in [0.05, 0.1) is 22.6 Å². The third kappa shape index (κ3) is 3.29. The van der Waals surface area contributed by atoms with Crippen LogP contribution in [-0.4, -0.2) is 32.1 Å². The van der Waals surface area contributed by atoms with E-state index in [1.54, 1.807) is 0 Å². The van der Waals surface area contributed by atoms with Crippen LogP contribution >= 0.6 is 0 Å². The molecule has 0 spiro atoms. The molecule has 2 aliphatic carbocycles. The summed E-state index contributed by atoms with van der Waals surface area (Å²) in [5, 5.41) is 6.42. The molecule has 3 aliphatic rings. The molecule has 5 nitrogen and oxygen atoms in total. The van der Waals surface area contributed by atoms with Gasteiger partial charge in [-0.05, 0) is 62.0 Å². The number of nitrogen functional groups attached to an aromatic ring is 1. The maximum absolute atomic E-state index is 13.0. The van der Waals surface area contributed by atoms with Gasteiger partial charge in [0.2, 0.25) is 0 Å². The Kier molecular flexibility index (Phi) is 4.26. The minimum absolute atomic E-state index is 0.0319. The van der Waals surface area contributed by atoms with Crippen LogP contribution in [-0.2, 0) is 0 Å². The number of nitrogens with one attached hydrogen (secondary N) is 2. The number of nitrogens with zero attached hydrogens (tertiary/aromatic N) is 1. The Morgan fingerprint density at radius 2 is 1.84 bits per heavy atom. The number of fused-ring (bicyclic) bond motifs is 1. The van der Waals surface area contributed by atoms with E-state index < -0.39 is 0 Å². The Balaban J connectivity index is 1.56. The zero-order valence-corrected chi connectivity index (χ0v) is 15.3. The van der Waals surface area contributed by atoms with Gasteiger partial charge < -0.3 is 21.3 Å². The zero-order valence-electron chi connectivity index (χ0n) is 15.3. The molecule has 1 amide bonds. The van der Waals surface area contributed by atoms with E-state index in [4.69, 9.17) is 5.73 Å². The lowest BCUT2D eigenvalue weighted by molar-refractivity contribution is 0.0923. The largest absolute Gasteiger partial charge is 0.397 e. The van der Waals surface area contributed by atoms with Crippen LogP contribution < -0.4 is 21.3 Å². The fourth-order valence-corrected chi connectivity index (χ4v) is 4.53. The van der Waals surface area contributed by atoms with Crippen molar-refractivity contribution in [3.63, 3.8) is 0 Å². The maximum Gasteiger partial charge on any atom is 0.253 e. The van der Waals surface area contributed by atoms with E-state index in [1.807, 2.05) is 13.1 Å². The van der Waals surface area contributed by atoms with Crippen LogP contribution in [0.3, 0.4) is 0 Å². The maximum atomic E-state index is 13.0. The van der Waals surface area contributed by atoms with Gasteiger partial charge in [0.1, 0.15) is 0 Å². The summed E-state index contributed by atoms with van der Waals surface area (Å²) in [6.07, 6.45) is 5.93. The van der Waals surface area contributed by atoms with Gasteiger partial charge in [0.15, 0.2) is 0 Å². The molecule has 4 rings (SSSR count). The van der Waals surface area contributed by atoms with Crippen molar-refractivity contribution in [2.75, 3.05) is 36.1 Å². The number of anilines is 3. The van der Waals surface area contributed by atoms with Crippen LogP contribution in [0, 0.1) is 17.8 Å². The van der Waals surface area contributed by atoms with Crippen molar-refractivity contribution < 1.29 is 4.79 Å². The highest BCUT2D eigenvalue weighted by Gasteiger charge is 2.45. The van der Waals surface area contributed by atoms with Crippen LogP contribution in [0.2, 0.25) is 0 Å². The second-order valence-electron chi connectivity index (χ2n) is 8.30. The quantitative estimate of drug-likeness (QED) is 0.736. The van der Waals surface area contributed by atoms with Gasteiger partial charge in [-0.15, -0.1) is 0 Å². The number of rotatable bonds is 4. The zero-order chi connectivity index (χ0) is 17.6. The number of amides is 1. The third-order valence-electron chi connectivity index (χ3n) is 6.35. The summed E-state index contributed by atoms with van der Waals surface area (Å²) < 4.78 is 0. The number of hydrogen-bond donors (Lipinski definition) is 3. The van der Waals surface area contributed by atoms with Crippen LogP contribution in [0.25, 0.3) is 0 Å². The number of hydrogen-bond acceptors (Lipinski definition) is 4. The Morgan fingerprint density at radius 1 is 1.16 bits per heavy atom. The van der Waals surface area contributed by atoms with Crippen LogP contribution in [0.15, 0.2) is 12.1 Å². The third-order valence-corrected chi connectivity index (χ3v) is 6.35. The number of piperidine rings is 1. The standard InChI is InChI=1S/C20H30N4O/c1-12-3-5-15(6-4-12)23-20(25)16-8-17(21)18(22-2)9-19(16)24-10-13-7-14(13)11-24/h8-9,12-15,22H,3-7,10-11,21H2,1-2H3,(H,23,25). The number of benzene rings is 1. The van der Waals surface area contributed by atoms with Gasteiger partial charge in [-0.25, -0.2) is 0 Å². The lowest BCUT2D eigenvalue weighted by atomic mass is 9.87. The second-order valence-corrected chi connectivity index (χ2v) is 8.30. The molecule has 0 radical (unpaired) electrons. The van der Waals surface area contributed by atoms with Crippen molar-refractivity contribution in [1.82, 2.24) is 5.32 Å². The first-order valence-corrected chi connectivity index (χ1v) is 9.72. The summed E-state index contributed by atoms with van der Waals surface area (Å²) in [4.78, 5) is 15.4. The molecule has 1 saturated heterocycles. The summed E-state index contributed by atoms with van der Waals surface area (Å²) in [6.45, 7) is 4.43. The van der Waals surface area contributed by atoms with E-state index in [1.165, 1.54) is 19.3 Å². The smallest absolute Gasteiger partial charge is 0.253 e. The van der Waals surface area contributed by atoms with Gasteiger partial charge in [0, 0.05) is 26.2 Å². The van der Waals surface area contributed by atoms with Crippen LogP contribution in [0.4, 0.5) is 17.1 Å². The van der Waals surface area contributed by atoms with Crippen molar-refractivity contribution in [2.24, 2.45) is 17.8 Å². The van der Waals surface area contributed by atoms with E-state index in [9.17, 15) is 4.79 Å². The molecule has 136 valence electrons. The van der Waals surface area contributed by atoms with Crippen LogP contribution in [0.5, 0.6) is 0 Å². The van der Waals surface area contributed by atoms with E-state index in [-0.39, 0.29) is 5.91 Å². The van der Waals surface area contributed by atoms with Crippen LogP contribution in [0.1, 0.15) is 49.4 Å². The highest BCUT2D eigenvalue weighted by Crippen LogP contribution is 2.47. The molecule has 0 bridgehead atoms. The summed E-state index contributed by atoms with van der Waals surface area (Å²) in [7, 11) is 1.87. The summed E-state index contributed by atoms with van der Waals surface area (Å²) in [5.41, 5.74) is 9.47. The van der Waals surface area contributed by atoms with E-state index in [2.05, 4.69) is 28.5 Å². The normalized spacial score (nSPS) is 30.7. The molecule has 0 aromatic heterocycles. The SMILES string of the molecule is CNc1cc(N2CC3CC3C2)c(C(=O)NC2CCC(C)CC2)cc1N. The minimum atomic E-state index is 0.0319. The molecule has 1 aliphatic heterocycles. The first-order chi connectivity index (χ1) is 12.0. The van der Waals surface area contributed by atoms with E-state index in [0.29, 0.717) is 11.7 Å². The van der Waals surface area contributed by atoms with Crippen molar-refractivity contribution in [3.05, 3.63) is 17.7 Å². The first-order valence-electron chi connectivity index (χ1n) is 9.72. The molecule has 3 fully saturated rings. The van der Waals surface area contributed by atoms with Crippen molar-refractivity contribution in [1.29, 1.82) is 0 Å². The van der Waals surface area contributed by atoms with Gasteiger partial charge in [-0.3, -0.25) is 4.79 Å². The first kappa shape index (κ1) is 16.6. The number of carbonyl (C=O) groups excluding carboxylic acids is 1. The molecule has 1 aromatic carbocycles. The molecule has 25 heavy (non-hydrogen) atoms. The lowest BCUT2D eigenvalue weighted by Crippen LogP contribution is -2.38. The van der Waals surface area contributed by atoms with E-state index >= 15 is 0 Å². The fraction of sp³-hybridized carbons (Fsp3) is 0.650. The van der Waals surface area contributed by atoms with Gasteiger partial charge in [0.25, 0.3) is 5.91 Å².